The van der Waals surface area contributed by atoms with Crippen LogP contribution in [0.15, 0.2) is 78.9 Å². The van der Waals surface area contributed by atoms with Crippen LogP contribution in [0, 0.1) is 12.7 Å². The van der Waals surface area contributed by atoms with Crippen LogP contribution in [-0.2, 0) is 27.3 Å². The molecule has 3 rings (SSSR count). The van der Waals surface area contributed by atoms with Crippen LogP contribution < -0.4 is 10.6 Å². The summed E-state index contributed by atoms with van der Waals surface area (Å²) in [7, 11) is 0. The van der Waals surface area contributed by atoms with Gasteiger partial charge in [0.15, 0.2) is 0 Å². The molecule has 0 saturated carbocycles. The summed E-state index contributed by atoms with van der Waals surface area (Å²) in [5.41, 5.74) is 3.17. The molecule has 0 atom stereocenters. The first-order valence-corrected chi connectivity index (χ1v) is 10.6. The highest BCUT2D eigenvalue weighted by Crippen LogP contribution is 2.11. The molecule has 0 unspecified atom stereocenters. The first kappa shape index (κ1) is 23.7. The standard InChI is InChI=1S/C26H26FN3O3/c1-19-6-5-9-23(14-19)29-24(31)16-28-25(32)18-30(17-21-10-12-22(27)13-11-21)26(33)15-20-7-3-2-4-8-20/h2-14H,15-18H2,1H3,(H,28,32)(H,29,31). The maximum atomic E-state index is 13.3. The number of aryl methyl sites for hydroxylation is 1. The van der Waals surface area contributed by atoms with Gasteiger partial charge in [-0.1, -0.05) is 54.6 Å². The number of amides is 3. The average Bonchev–Trinajstić information content (AvgIpc) is 2.79. The Hall–Kier alpha value is -4.00. The average molecular weight is 448 g/mol. The second-order valence-corrected chi connectivity index (χ2v) is 7.73. The molecular formula is C26H26FN3O3. The van der Waals surface area contributed by atoms with Gasteiger partial charge in [-0.15, -0.1) is 0 Å². The van der Waals surface area contributed by atoms with Crippen LogP contribution in [-0.4, -0.2) is 35.7 Å². The fraction of sp³-hybridized carbons (Fsp3) is 0.192. The molecule has 0 fully saturated rings. The van der Waals surface area contributed by atoms with E-state index in [1.54, 1.807) is 18.2 Å². The molecule has 0 aliphatic carbocycles. The number of anilines is 1. The Balaban J connectivity index is 1.60. The molecule has 7 heteroatoms. The van der Waals surface area contributed by atoms with Gasteiger partial charge in [0.2, 0.25) is 17.7 Å². The van der Waals surface area contributed by atoms with Crippen molar-refractivity contribution in [3.63, 3.8) is 0 Å². The molecule has 0 spiro atoms. The number of benzene rings is 3. The lowest BCUT2D eigenvalue weighted by Crippen LogP contribution is -2.43. The molecule has 33 heavy (non-hydrogen) atoms. The van der Waals surface area contributed by atoms with E-state index in [0.29, 0.717) is 11.3 Å². The Morgan fingerprint density at radius 1 is 0.848 bits per heavy atom. The van der Waals surface area contributed by atoms with Crippen molar-refractivity contribution in [2.75, 3.05) is 18.4 Å². The molecule has 2 N–H and O–H groups in total. The summed E-state index contributed by atoms with van der Waals surface area (Å²) in [6.45, 7) is 1.62. The summed E-state index contributed by atoms with van der Waals surface area (Å²) in [5, 5.41) is 5.28. The number of halogens is 1. The number of hydrogen-bond donors (Lipinski definition) is 2. The van der Waals surface area contributed by atoms with Gasteiger partial charge in [-0.25, -0.2) is 4.39 Å². The normalized spacial score (nSPS) is 10.4. The lowest BCUT2D eigenvalue weighted by Gasteiger charge is -2.22. The van der Waals surface area contributed by atoms with Crippen molar-refractivity contribution < 1.29 is 18.8 Å². The molecule has 0 heterocycles. The summed E-state index contributed by atoms with van der Waals surface area (Å²) in [5.74, 6) is -1.45. The summed E-state index contributed by atoms with van der Waals surface area (Å²) >= 11 is 0. The molecule has 0 saturated heterocycles. The Kier molecular flexibility index (Phi) is 8.30. The molecule has 0 aliphatic heterocycles. The van der Waals surface area contributed by atoms with E-state index >= 15 is 0 Å². The third kappa shape index (κ3) is 7.88. The number of nitrogens with zero attached hydrogens (tertiary/aromatic N) is 1. The lowest BCUT2D eigenvalue weighted by atomic mass is 10.1. The predicted molar refractivity (Wildman–Crippen MR) is 125 cm³/mol. The fourth-order valence-corrected chi connectivity index (χ4v) is 3.26. The highest BCUT2D eigenvalue weighted by Gasteiger charge is 2.19. The monoisotopic (exact) mass is 447 g/mol. The molecule has 0 radical (unpaired) electrons. The second-order valence-electron chi connectivity index (χ2n) is 7.73. The first-order valence-electron chi connectivity index (χ1n) is 10.6. The van der Waals surface area contributed by atoms with Crippen molar-refractivity contribution in [1.29, 1.82) is 0 Å². The maximum Gasteiger partial charge on any atom is 0.243 e. The smallest absolute Gasteiger partial charge is 0.243 e. The van der Waals surface area contributed by atoms with Crippen molar-refractivity contribution in [3.8, 4) is 0 Å². The van der Waals surface area contributed by atoms with Crippen molar-refractivity contribution in [2.24, 2.45) is 0 Å². The summed E-state index contributed by atoms with van der Waals surface area (Å²) in [6.07, 6.45) is 0.128. The number of nitrogens with one attached hydrogen (secondary N) is 2. The first-order chi connectivity index (χ1) is 15.9. The van der Waals surface area contributed by atoms with Gasteiger partial charge in [0.05, 0.1) is 19.5 Å². The van der Waals surface area contributed by atoms with Crippen LogP contribution in [0.1, 0.15) is 16.7 Å². The van der Waals surface area contributed by atoms with Crippen LogP contribution in [0.5, 0.6) is 0 Å². The Morgan fingerprint density at radius 3 is 2.27 bits per heavy atom. The molecule has 0 bridgehead atoms. The molecule has 3 aromatic rings. The lowest BCUT2D eigenvalue weighted by molar-refractivity contribution is -0.136. The minimum atomic E-state index is -0.460. The number of rotatable bonds is 9. The van der Waals surface area contributed by atoms with Crippen molar-refractivity contribution in [1.82, 2.24) is 10.2 Å². The maximum absolute atomic E-state index is 13.3. The third-order valence-corrected chi connectivity index (χ3v) is 4.92. The SMILES string of the molecule is Cc1cccc(NC(=O)CNC(=O)CN(Cc2ccc(F)cc2)C(=O)Cc2ccccc2)c1. The minimum absolute atomic E-state index is 0.128. The predicted octanol–water partition coefficient (Wildman–Crippen LogP) is 3.46. The molecule has 3 amide bonds. The summed E-state index contributed by atoms with van der Waals surface area (Å²) in [6, 6.07) is 22.3. The van der Waals surface area contributed by atoms with E-state index < -0.39 is 5.91 Å². The fourth-order valence-electron chi connectivity index (χ4n) is 3.26. The van der Waals surface area contributed by atoms with E-state index in [2.05, 4.69) is 10.6 Å². The van der Waals surface area contributed by atoms with Gasteiger partial charge in [-0.2, -0.15) is 0 Å². The zero-order valence-corrected chi connectivity index (χ0v) is 18.4. The molecular weight excluding hydrogens is 421 g/mol. The number of hydrogen-bond acceptors (Lipinski definition) is 3. The zero-order valence-electron chi connectivity index (χ0n) is 18.4. The van der Waals surface area contributed by atoms with Crippen LogP contribution in [0.4, 0.5) is 10.1 Å². The Morgan fingerprint density at radius 2 is 1.58 bits per heavy atom. The molecule has 6 nitrogen and oxygen atoms in total. The van der Waals surface area contributed by atoms with Crippen molar-refractivity contribution in [2.45, 2.75) is 19.9 Å². The Bertz CT molecular complexity index is 1100. The quantitative estimate of drug-likeness (QED) is 0.527. The highest BCUT2D eigenvalue weighted by atomic mass is 19.1. The third-order valence-electron chi connectivity index (χ3n) is 4.92. The van der Waals surface area contributed by atoms with Crippen LogP contribution in [0.3, 0.4) is 0 Å². The van der Waals surface area contributed by atoms with Gasteiger partial charge < -0.3 is 15.5 Å². The number of carbonyl (C=O) groups excluding carboxylic acids is 3. The van der Waals surface area contributed by atoms with Crippen molar-refractivity contribution in [3.05, 3.63) is 101 Å². The van der Waals surface area contributed by atoms with Gasteiger partial charge in [0.25, 0.3) is 0 Å². The van der Waals surface area contributed by atoms with Gasteiger partial charge in [-0.05, 0) is 47.9 Å². The topological polar surface area (TPSA) is 78.5 Å². The molecule has 0 aromatic heterocycles. The minimum Gasteiger partial charge on any atom is -0.345 e. The van der Waals surface area contributed by atoms with E-state index in [-0.39, 0.29) is 43.7 Å². The van der Waals surface area contributed by atoms with Crippen molar-refractivity contribution >= 4 is 23.4 Å². The van der Waals surface area contributed by atoms with Crippen LogP contribution in [0.25, 0.3) is 0 Å². The van der Waals surface area contributed by atoms with E-state index in [1.807, 2.05) is 55.5 Å². The largest absolute Gasteiger partial charge is 0.345 e. The van der Waals surface area contributed by atoms with E-state index in [1.165, 1.54) is 17.0 Å². The zero-order chi connectivity index (χ0) is 23.6. The van der Waals surface area contributed by atoms with Gasteiger partial charge in [0.1, 0.15) is 5.82 Å². The van der Waals surface area contributed by atoms with Crippen LogP contribution >= 0.6 is 0 Å². The van der Waals surface area contributed by atoms with E-state index in [0.717, 1.165) is 11.1 Å². The number of carbonyl (C=O) groups is 3. The summed E-state index contributed by atoms with van der Waals surface area (Å²) < 4.78 is 13.3. The summed E-state index contributed by atoms with van der Waals surface area (Å²) in [4.78, 5) is 39.0. The Labute approximate surface area is 192 Å². The van der Waals surface area contributed by atoms with E-state index in [4.69, 9.17) is 0 Å². The van der Waals surface area contributed by atoms with Gasteiger partial charge in [-0.3, -0.25) is 14.4 Å². The highest BCUT2D eigenvalue weighted by molar-refractivity contribution is 5.95. The molecule has 170 valence electrons. The van der Waals surface area contributed by atoms with Gasteiger partial charge >= 0.3 is 0 Å². The molecule has 0 aliphatic rings. The second kappa shape index (κ2) is 11.6. The molecule has 3 aromatic carbocycles. The van der Waals surface area contributed by atoms with Crippen LogP contribution in [0.2, 0.25) is 0 Å². The van der Waals surface area contributed by atoms with E-state index in [9.17, 15) is 18.8 Å². The van der Waals surface area contributed by atoms with Gasteiger partial charge in [0, 0.05) is 12.2 Å².